The molecule has 0 aliphatic carbocycles. The predicted octanol–water partition coefficient (Wildman–Crippen LogP) is 5.08. The van der Waals surface area contributed by atoms with Gasteiger partial charge in [-0.1, -0.05) is 0 Å². The van der Waals surface area contributed by atoms with Crippen LogP contribution in [0.15, 0.2) is 48.5 Å². The highest BCUT2D eigenvalue weighted by atomic mass is 19.4. The summed E-state index contributed by atoms with van der Waals surface area (Å²) < 4.78 is 103. The summed E-state index contributed by atoms with van der Waals surface area (Å²) in [5, 5.41) is 0. The fourth-order valence-corrected chi connectivity index (χ4v) is 1.88. The maximum atomic E-state index is 12.4. The number of hydrogen-bond donors (Lipinski definition) is 0. The molecule has 0 spiro atoms. The smallest absolute Gasteiger partial charge is 0.426 e. The van der Waals surface area contributed by atoms with E-state index in [2.05, 4.69) is 0 Å². The van der Waals surface area contributed by atoms with Crippen LogP contribution in [0.1, 0.15) is 17.5 Å². The molecule has 0 aromatic heterocycles. The summed E-state index contributed by atoms with van der Waals surface area (Å²) >= 11 is 0. The summed E-state index contributed by atoms with van der Waals surface area (Å²) in [7, 11) is -1.00. The van der Waals surface area contributed by atoms with Crippen molar-refractivity contribution in [2.45, 2.75) is 18.8 Å². The van der Waals surface area contributed by atoms with E-state index in [1.54, 1.807) is 0 Å². The van der Waals surface area contributed by atoms with Crippen LogP contribution in [0.25, 0.3) is 0 Å². The number of carbonyl (C=O) groups is 2. The van der Waals surface area contributed by atoms with Gasteiger partial charge in [0.05, 0.1) is 11.1 Å². The Bertz CT molecular complexity index is 763. The van der Waals surface area contributed by atoms with Gasteiger partial charge >= 0.3 is 32.1 Å². The van der Waals surface area contributed by atoms with E-state index in [-0.39, 0.29) is 11.5 Å². The molecule has 0 heterocycles. The summed E-state index contributed by atoms with van der Waals surface area (Å²) in [6, 6.07) is 6.41. The minimum absolute atomic E-state index is 0.213. The zero-order chi connectivity index (χ0) is 22.9. The number of esters is 2. The van der Waals surface area contributed by atoms with Gasteiger partial charge in [0.15, 0.2) is 0 Å². The minimum atomic E-state index is -4.55. The lowest BCUT2D eigenvalue weighted by atomic mass is 10.2. The van der Waals surface area contributed by atoms with Gasteiger partial charge in [-0.25, -0.2) is 0 Å². The van der Waals surface area contributed by atoms with Crippen molar-refractivity contribution in [3.05, 3.63) is 59.7 Å². The molecule has 0 saturated heterocycles. The Morgan fingerprint density at radius 2 is 0.933 bits per heavy atom. The number of hydrogen-bond acceptors (Lipinski definition) is 4. The van der Waals surface area contributed by atoms with Gasteiger partial charge in [0.25, 0.3) is 0 Å². The first-order valence-electron chi connectivity index (χ1n) is 7.64. The third kappa shape index (κ3) is 8.49. The van der Waals surface area contributed by atoms with E-state index < -0.39 is 49.7 Å². The van der Waals surface area contributed by atoms with Crippen molar-refractivity contribution in [1.29, 1.82) is 0 Å². The zero-order valence-corrected chi connectivity index (χ0v) is 14.6. The average molecular weight is 441 g/mol. The number of rotatable bonds is 4. The van der Waals surface area contributed by atoms with Crippen molar-refractivity contribution in [2.75, 3.05) is 0 Å². The minimum Gasteiger partial charge on any atom is -0.426 e. The van der Waals surface area contributed by atoms with Crippen LogP contribution in [-0.4, -0.2) is 19.8 Å². The summed E-state index contributed by atoms with van der Waals surface area (Å²) in [5.41, 5.74) is -1.88. The molecular formula is C17H10BF8O4. The Kier molecular flexibility index (Phi) is 8.81. The van der Waals surface area contributed by atoms with Crippen LogP contribution in [0.2, 0.25) is 0 Å². The molecule has 0 bridgehead atoms. The molecule has 13 heteroatoms. The first-order valence-corrected chi connectivity index (χ1v) is 7.64. The van der Waals surface area contributed by atoms with Gasteiger partial charge in [-0.3, -0.25) is 18.2 Å². The quantitative estimate of drug-likeness (QED) is 0.218. The van der Waals surface area contributed by atoms with Gasteiger partial charge in [0.2, 0.25) is 0 Å². The number of halogens is 8. The van der Waals surface area contributed by atoms with Crippen molar-refractivity contribution in [1.82, 2.24) is 0 Å². The molecule has 0 fully saturated rings. The highest BCUT2D eigenvalue weighted by molar-refractivity contribution is 6.15. The third-order valence-corrected chi connectivity index (χ3v) is 3.12. The Morgan fingerprint density at radius 1 is 0.667 bits per heavy atom. The van der Waals surface area contributed by atoms with Crippen molar-refractivity contribution < 1.29 is 54.0 Å². The van der Waals surface area contributed by atoms with E-state index in [0.717, 1.165) is 24.3 Å². The highest BCUT2D eigenvalue weighted by Crippen LogP contribution is 2.31. The topological polar surface area (TPSA) is 52.6 Å². The molecule has 0 unspecified atom stereocenters. The molecule has 0 atom stereocenters. The van der Waals surface area contributed by atoms with Crippen LogP contribution in [0.5, 0.6) is 11.5 Å². The Labute approximate surface area is 164 Å². The lowest BCUT2D eigenvalue weighted by Crippen LogP contribution is -2.18. The molecule has 2 aromatic carbocycles. The van der Waals surface area contributed by atoms with E-state index >= 15 is 0 Å². The Hall–Kier alpha value is -3.12. The van der Waals surface area contributed by atoms with Gasteiger partial charge in [-0.2, -0.15) is 26.3 Å². The van der Waals surface area contributed by atoms with Gasteiger partial charge in [0.1, 0.15) is 17.9 Å². The predicted molar refractivity (Wildman–Crippen MR) is 86.7 cm³/mol. The van der Waals surface area contributed by atoms with E-state index in [1.807, 2.05) is 0 Å². The van der Waals surface area contributed by atoms with Crippen LogP contribution < -0.4 is 9.47 Å². The fourth-order valence-electron chi connectivity index (χ4n) is 1.88. The van der Waals surface area contributed by atoms with Crippen LogP contribution in [0.4, 0.5) is 35.0 Å². The Morgan fingerprint density at radius 3 is 1.17 bits per heavy atom. The van der Waals surface area contributed by atoms with Crippen LogP contribution in [0, 0.1) is 0 Å². The molecule has 0 N–H and O–H groups in total. The van der Waals surface area contributed by atoms with Gasteiger partial charge in [0, 0.05) is 0 Å². The zero-order valence-electron chi connectivity index (χ0n) is 14.6. The fraction of sp³-hybridized carbons (Fsp3) is 0.176. The highest BCUT2D eigenvalue weighted by Gasteiger charge is 2.31. The molecule has 0 amide bonds. The SMILES string of the molecule is F[B]F.O=C(CC(=O)Oc1ccc(C(F)(F)F)cc1)Oc1ccc(C(F)(F)F)cc1. The standard InChI is InChI=1S/C17H10F6O4.BF2/c18-16(19,20)10-1-5-12(6-2-10)26-14(24)9-15(25)27-13-7-3-11(4-8-13)17(21,22)23;2-1-3/h1-8H,9H2;. The van der Waals surface area contributed by atoms with E-state index in [0.29, 0.717) is 24.3 Å². The average Bonchev–Trinajstić information content (AvgIpc) is 2.61. The van der Waals surface area contributed by atoms with Crippen molar-refractivity contribution in [3.63, 3.8) is 0 Å². The summed E-state index contributed by atoms with van der Waals surface area (Å²) in [5.74, 6) is -2.64. The van der Waals surface area contributed by atoms with Crippen molar-refractivity contribution in [3.8, 4) is 11.5 Å². The second kappa shape index (κ2) is 10.6. The van der Waals surface area contributed by atoms with Gasteiger partial charge in [-0.05, 0) is 48.5 Å². The molecule has 2 aromatic rings. The van der Waals surface area contributed by atoms with Crippen LogP contribution in [-0.2, 0) is 21.9 Å². The number of alkyl halides is 6. The molecule has 4 nitrogen and oxygen atoms in total. The number of benzene rings is 2. The number of carbonyl (C=O) groups excluding carboxylic acids is 2. The van der Waals surface area contributed by atoms with Crippen LogP contribution >= 0.6 is 0 Å². The molecule has 0 saturated carbocycles. The molecular weight excluding hydrogens is 431 g/mol. The van der Waals surface area contributed by atoms with Gasteiger partial charge in [-0.15, -0.1) is 0 Å². The summed E-state index contributed by atoms with van der Waals surface area (Å²) in [4.78, 5) is 23.2. The molecule has 2 rings (SSSR count). The third-order valence-electron chi connectivity index (χ3n) is 3.12. The summed E-state index contributed by atoms with van der Waals surface area (Å²) in [6.07, 6.45) is -9.98. The molecule has 1 radical (unpaired) electrons. The maximum Gasteiger partial charge on any atom is 0.577 e. The summed E-state index contributed by atoms with van der Waals surface area (Å²) in [6.45, 7) is 0. The van der Waals surface area contributed by atoms with Crippen LogP contribution in [0.3, 0.4) is 0 Å². The van der Waals surface area contributed by atoms with E-state index in [9.17, 15) is 44.6 Å². The largest absolute Gasteiger partial charge is 0.577 e. The second-order valence-electron chi connectivity index (χ2n) is 5.25. The first kappa shape index (κ1) is 24.9. The van der Waals surface area contributed by atoms with Crippen molar-refractivity contribution in [2.24, 2.45) is 0 Å². The lowest BCUT2D eigenvalue weighted by Gasteiger charge is -2.09. The lowest BCUT2D eigenvalue weighted by molar-refractivity contribution is -0.144. The Balaban J connectivity index is 0.00000141. The first-order chi connectivity index (χ1) is 13.9. The number of ether oxygens (including phenoxy) is 2. The molecule has 161 valence electrons. The molecule has 0 aliphatic rings. The van der Waals surface area contributed by atoms with E-state index in [1.165, 1.54) is 0 Å². The normalized spacial score (nSPS) is 11.1. The maximum absolute atomic E-state index is 12.4. The monoisotopic (exact) mass is 441 g/mol. The van der Waals surface area contributed by atoms with Gasteiger partial charge < -0.3 is 9.47 Å². The molecule has 30 heavy (non-hydrogen) atoms. The molecule has 0 aliphatic heterocycles. The second-order valence-corrected chi connectivity index (χ2v) is 5.25. The van der Waals surface area contributed by atoms with E-state index in [4.69, 9.17) is 9.47 Å². The van der Waals surface area contributed by atoms with Crippen molar-refractivity contribution >= 4 is 19.8 Å².